The molecule has 7 nitrogen and oxygen atoms in total. The first-order valence-corrected chi connectivity index (χ1v) is 17.7. The van der Waals surface area contributed by atoms with Gasteiger partial charge >= 0.3 is 0 Å². The largest absolute Gasteiger partial charge is 0.360 e. The fraction of sp³-hybridized carbons (Fsp3) is 0.429. The summed E-state index contributed by atoms with van der Waals surface area (Å²) in [5.74, 6) is 0.151. The first-order chi connectivity index (χ1) is 17.4. The molecule has 9 heteroatoms. The number of aryl methyl sites for hydroxylation is 2. The number of carbonyl (C=O) groups is 1. The van der Waals surface area contributed by atoms with Crippen molar-refractivity contribution in [3.05, 3.63) is 64.8 Å². The molecule has 0 spiro atoms. The summed E-state index contributed by atoms with van der Waals surface area (Å²) in [5, 5.41) is 4.01. The van der Waals surface area contributed by atoms with Crippen LogP contribution in [0.1, 0.15) is 53.9 Å². The summed E-state index contributed by atoms with van der Waals surface area (Å²) in [4.78, 5) is 11.6. The predicted molar refractivity (Wildman–Crippen MR) is 150 cm³/mol. The standard InChI is InChI=1S/C28H38N2O5SSi/c1-8-9-12-24-17-23(18-31)15-16-25(24)26-13-10-11-14-27(26)36(32,33)30(19-34-22(4)37(5,6)7)28-20(2)21(3)29-35-28/h10-11,13-18,22H,8-9,12,19H2,1-7H3. The van der Waals surface area contributed by atoms with Crippen LogP contribution < -0.4 is 4.31 Å². The highest BCUT2D eigenvalue weighted by molar-refractivity contribution is 7.93. The molecule has 0 N–H and O–H groups in total. The minimum atomic E-state index is -4.12. The number of anilines is 1. The van der Waals surface area contributed by atoms with Gasteiger partial charge in [-0.15, -0.1) is 0 Å². The first-order valence-electron chi connectivity index (χ1n) is 12.7. The number of benzene rings is 2. The number of hydrogen-bond donors (Lipinski definition) is 0. The van der Waals surface area contributed by atoms with Crippen LogP contribution in [0.2, 0.25) is 19.6 Å². The molecule has 0 aliphatic carbocycles. The van der Waals surface area contributed by atoms with Gasteiger partial charge in [-0.2, -0.15) is 0 Å². The van der Waals surface area contributed by atoms with Crippen LogP contribution in [0, 0.1) is 13.8 Å². The van der Waals surface area contributed by atoms with E-state index in [9.17, 15) is 13.2 Å². The van der Waals surface area contributed by atoms with Gasteiger partial charge in [0, 0.05) is 22.4 Å². The number of ether oxygens (including phenoxy) is 1. The van der Waals surface area contributed by atoms with Crippen molar-refractivity contribution in [1.29, 1.82) is 0 Å². The van der Waals surface area contributed by atoms with Crippen molar-refractivity contribution in [3.63, 3.8) is 0 Å². The molecule has 2 aromatic carbocycles. The van der Waals surface area contributed by atoms with Crippen molar-refractivity contribution in [2.24, 2.45) is 0 Å². The number of rotatable bonds is 12. The van der Waals surface area contributed by atoms with Crippen molar-refractivity contribution < 1.29 is 22.5 Å². The quantitative estimate of drug-likeness (QED) is 0.146. The van der Waals surface area contributed by atoms with Gasteiger partial charge in [-0.1, -0.05) is 68.5 Å². The van der Waals surface area contributed by atoms with Crippen molar-refractivity contribution in [2.45, 2.75) is 77.2 Å². The fourth-order valence-corrected chi connectivity index (χ4v) is 5.97. The monoisotopic (exact) mass is 542 g/mol. The molecule has 0 bridgehead atoms. The van der Waals surface area contributed by atoms with Crippen molar-refractivity contribution in [3.8, 4) is 11.1 Å². The molecule has 1 atom stereocenters. The number of hydrogen-bond acceptors (Lipinski definition) is 6. The third-order valence-electron chi connectivity index (χ3n) is 6.83. The molecule has 3 rings (SSSR count). The molecule has 0 saturated carbocycles. The lowest BCUT2D eigenvalue weighted by Gasteiger charge is -2.29. The summed E-state index contributed by atoms with van der Waals surface area (Å²) in [6, 6.07) is 12.4. The maximum atomic E-state index is 14.3. The molecule has 37 heavy (non-hydrogen) atoms. The molecular formula is C28H38N2O5SSi. The van der Waals surface area contributed by atoms with Crippen LogP contribution in [-0.2, 0) is 21.2 Å². The molecule has 1 unspecified atom stereocenters. The second kappa shape index (κ2) is 11.7. The van der Waals surface area contributed by atoms with E-state index in [0.717, 1.165) is 36.7 Å². The number of unbranched alkanes of at least 4 members (excludes halogenated alkanes) is 1. The van der Waals surface area contributed by atoms with Crippen LogP contribution in [0.15, 0.2) is 51.9 Å². The van der Waals surface area contributed by atoms with Crippen molar-refractivity contribution in [1.82, 2.24) is 5.16 Å². The molecular weight excluding hydrogens is 504 g/mol. The Balaban J connectivity index is 2.16. The van der Waals surface area contributed by atoms with Gasteiger partial charge in [0.1, 0.15) is 13.0 Å². The molecule has 0 radical (unpaired) electrons. The van der Waals surface area contributed by atoms with Gasteiger partial charge in [-0.05, 0) is 56.9 Å². The van der Waals surface area contributed by atoms with Crippen molar-refractivity contribution in [2.75, 3.05) is 11.0 Å². The lowest BCUT2D eigenvalue weighted by molar-refractivity contribution is 0.112. The lowest BCUT2D eigenvalue weighted by Crippen LogP contribution is -2.42. The zero-order valence-electron chi connectivity index (χ0n) is 22.9. The van der Waals surface area contributed by atoms with Gasteiger partial charge in [0.05, 0.1) is 18.7 Å². The van der Waals surface area contributed by atoms with E-state index in [1.54, 1.807) is 38.1 Å². The Morgan fingerprint density at radius 1 is 1.11 bits per heavy atom. The van der Waals surface area contributed by atoms with Crippen LogP contribution in [0.3, 0.4) is 0 Å². The first kappa shape index (κ1) is 28.8. The average molecular weight is 543 g/mol. The molecule has 0 fully saturated rings. The number of nitrogens with zero attached hydrogens (tertiary/aromatic N) is 2. The van der Waals surface area contributed by atoms with Gasteiger partial charge in [0.2, 0.25) is 5.88 Å². The third-order valence-corrected chi connectivity index (χ3v) is 11.2. The second-order valence-electron chi connectivity index (χ2n) is 10.5. The Morgan fingerprint density at radius 3 is 2.41 bits per heavy atom. The summed E-state index contributed by atoms with van der Waals surface area (Å²) in [6.45, 7) is 14.0. The lowest BCUT2D eigenvalue weighted by atomic mass is 9.94. The SMILES string of the molecule is CCCCc1cc(C=O)ccc1-c1ccccc1S(=O)(=O)N(COC(C)[Si](C)(C)C)c1onc(C)c1C. The van der Waals surface area contributed by atoms with E-state index in [1.165, 1.54) is 4.31 Å². The fourth-order valence-electron chi connectivity index (χ4n) is 3.86. The van der Waals surface area contributed by atoms with Gasteiger partial charge in [-0.25, -0.2) is 12.7 Å². The smallest absolute Gasteiger partial charge is 0.269 e. The molecule has 200 valence electrons. The Bertz CT molecular complexity index is 1340. The molecule has 0 aliphatic rings. The Kier molecular flexibility index (Phi) is 9.15. The van der Waals surface area contributed by atoms with Crippen LogP contribution in [-0.4, -0.2) is 40.4 Å². The number of aromatic nitrogens is 1. The summed E-state index contributed by atoms with van der Waals surface area (Å²) >= 11 is 0. The minimum Gasteiger partial charge on any atom is -0.360 e. The maximum absolute atomic E-state index is 14.3. The summed E-state index contributed by atoms with van der Waals surface area (Å²) in [7, 11) is -5.80. The summed E-state index contributed by atoms with van der Waals surface area (Å²) < 4.78 is 41.5. The third kappa shape index (κ3) is 6.39. The van der Waals surface area contributed by atoms with E-state index < -0.39 is 18.1 Å². The Morgan fingerprint density at radius 2 is 1.81 bits per heavy atom. The normalized spacial score (nSPS) is 12.9. The molecule has 1 aromatic heterocycles. The summed E-state index contributed by atoms with van der Waals surface area (Å²) in [6.07, 6.45) is 3.46. The zero-order chi connectivity index (χ0) is 27.4. The highest BCUT2D eigenvalue weighted by atomic mass is 32.2. The van der Waals surface area contributed by atoms with Crippen LogP contribution in [0.4, 0.5) is 5.88 Å². The Hall–Kier alpha value is -2.75. The van der Waals surface area contributed by atoms with Gasteiger partial charge < -0.3 is 9.26 Å². The minimum absolute atomic E-state index is 0.0821. The van der Waals surface area contributed by atoms with E-state index in [4.69, 9.17) is 9.26 Å². The van der Waals surface area contributed by atoms with E-state index in [-0.39, 0.29) is 23.2 Å². The maximum Gasteiger partial charge on any atom is 0.269 e. The van der Waals surface area contributed by atoms with E-state index in [1.807, 2.05) is 25.1 Å². The topological polar surface area (TPSA) is 89.7 Å². The molecule has 3 aromatic rings. The number of aldehydes is 1. The van der Waals surface area contributed by atoms with Crippen molar-refractivity contribution >= 4 is 30.3 Å². The van der Waals surface area contributed by atoms with Gasteiger partial charge in [-0.3, -0.25) is 4.79 Å². The second-order valence-corrected chi connectivity index (χ2v) is 17.9. The van der Waals surface area contributed by atoms with Gasteiger partial charge in [0.25, 0.3) is 10.0 Å². The molecule has 0 aliphatic heterocycles. The van der Waals surface area contributed by atoms with E-state index >= 15 is 0 Å². The number of sulfonamides is 1. The highest BCUT2D eigenvalue weighted by Crippen LogP contribution is 2.36. The van der Waals surface area contributed by atoms with E-state index in [0.29, 0.717) is 22.4 Å². The number of carbonyl (C=O) groups excluding carboxylic acids is 1. The average Bonchev–Trinajstić information content (AvgIpc) is 3.19. The zero-order valence-corrected chi connectivity index (χ0v) is 24.7. The molecule has 0 saturated heterocycles. The van der Waals surface area contributed by atoms with Crippen LogP contribution in [0.5, 0.6) is 0 Å². The molecule has 0 amide bonds. The van der Waals surface area contributed by atoms with Crippen LogP contribution >= 0.6 is 0 Å². The summed E-state index contributed by atoms with van der Waals surface area (Å²) in [5.41, 5.74) is 4.05. The van der Waals surface area contributed by atoms with Gasteiger partial charge in [0.15, 0.2) is 0 Å². The molecule has 1 heterocycles. The highest BCUT2D eigenvalue weighted by Gasteiger charge is 2.34. The van der Waals surface area contributed by atoms with Crippen LogP contribution in [0.25, 0.3) is 11.1 Å². The van der Waals surface area contributed by atoms with E-state index in [2.05, 4.69) is 31.7 Å². The Labute approximate surface area is 221 Å². The predicted octanol–water partition coefficient (Wildman–Crippen LogP) is 6.55.